The first kappa shape index (κ1) is 10.1. The molecule has 2 rings (SSSR count). The first-order chi connectivity index (χ1) is 6.49. The third kappa shape index (κ3) is 1.98. The lowest BCUT2D eigenvalue weighted by molar-refractivity contribution is 0.486. The smallest absolute Gasteiger partial charge is 0.0898 e. The summed E-state index contributed by atoms with van der Waals surface area (Å²) in [5, 5.41) is 6.93. The predicted octanol–water partition coefficient (Wildman–Crippen LogP) is 2.90. The Kier molecular flexibility index (Phi) is 2.40. The molecule has 2 atom stereocenters. The van der Waals surface area contributed by atoms with E-state index in [9.17, 15) is 0 Å². The van der Waals surface area contributed by atoms with Crippen molar-refractivity contribution in [3.63, 3.8) is 0 Å². The highest BCUT2D eigenvalue weighted by atomic mass is 32.1. The molecule has 3 heteroatoms. The van der Waals surface area contributed by atoms with Crippen molar-refractivity contribution in [2.45, 2.75) is 46.2 Å². The molecule has 0 amide bonds. The minimum atomic E-state index is 0.395. The second-order valence-corrected chi connectivity index (χ2v) is 5.99. The molecule has 2 nitrogen and oxygen atoms in total. The number of aryl methyl sites for hydroxylation is 1. The molecule has 0 radical (unpaired) electrons. The average Bonchev–Trinajstić information content (AvgIpc) is 2.52. The van der Waals surface area contributed by atoms with Crippen LogP contribution in [0, 0.1) is 12.3 Å². The van der Waals surface area contributed by atoms with E-state index in [-0.39, 0.29) is 0 Å². The van der Waals surface area contributed by atoms with Crippen molar-refractivity contribution in [3.8, 4) is 0 Å². The Balaban J connectivity index is 1.94. The molecule has 1 aliphatic rings. The lowest BCUT2D eigenvalue weighted by atomic mass is 10.1. The van der Waals surface area contributed by atoms with Crippen LogP contribution in [0.2, 0.25) is 0 Å². The van der Waals surface area contributed by atoms with Gasteiger partial charge in [0.05, 0.1) is 10.7 Å². The molecule has 1 aromatic heterocycles. The van der Waals surface area contributed by atoms with E-state index in [0.717, 1.165) is 5.01 Å². The van der Waals surface area contributed by atoms with Crippen LogP contribution >= 0.6 is 11.3 Å². The third-order valence-electron chi connectivity index (χ3n) is 3.05. The first-order valence-corrected chi connectivity index (χ1v) is 6.05. The molecule has 1 fully saturated rings. The fraction of sp³-hybridized carbons (Fsp3) is 0.727. The highest BCUT2D eigenvalue weighted by Gasteiger charge is 2.46. The Morgan fingerprint density at radius 1 is 1.64 bits per heavy atom. The molecular formula is C11H18N2S. The molecule has 0 spiro atoms. The van der Waals surface area contributed by atoms with Crippen LogP contribution in [0.4, 0.5) is 0 Å². The van der Waals surface area contributed by atoms with E-state index in [1.54, 1.807) is 11.3 Å². The second kappa shape index (κ2) is 3.31. The van der Waals surface area contributed by atoms with Gasteiger partial charge in [-0.2, -0.15) is 0 Å². The molecule has 1 aliphatic carbocycles. The van der Waals surface area contributed by atoms with Gasteiger partial charge in [0.1, 0.15) is 0 Å². The standard InChI is InChI=1S/C11H18N2S/c1-7(9-6-14-8(2)13-9)12-10-5-11(10,3)4/h6-7,10,12H,5H2,1-4H3. The van der Waals surface area contributed by atoms with Gasteiger partial charge in [-0.3, -0.25) is 0 Å². The largest absolute Gasteiger partial charge is 0.305 e. The number of hydrogen-bond acceptors (Lipinski definition) is 3. The van der Waals surface area contributed by atoms with Crippen LogP contribution in [0.5, 0.6) is 0 Å². The Bertz CT molecular complexity index is 330. The summed E-state index contributed by atoms with van der Waals surface area (Å²) in [6, 6.07) is 1.08. The first-order valence-electron chi connectivity index (χ1n) is 5.17. The molecule has 1 heterocycles. The maximum atomic E-state index is 4.50. The van der Waals surface area contributed by atoms with E-state index in [0.29, 0.717) is 17.5 Å². The predicted molar refractivity (Wildman–Crippen MR) is 60.6 cm³/mol. The number of aromatic nitrogens is 1. The van der Waals surface area contributed by atoms with Crippen LogP contribution in [-0.2, 0) is 0 Å². The quantitative estimate of drug-likeness (QED) is 0.829. The normalized spacial score (nSPS) is 26.1. The van der Waals surface area contributed by atoms with E-state index < -0.39 is 0 Å². The van der Waals surface area contributed by atoms with Crippen LogP contribution in [0.3, 0.4) is 0 Å². The molecule has 0 saturated heterocycles. The van der Waals surface area contributed by atoms with E-state index in [4.69, 9.17) is 0 Å². The van der Waals surface area contributed by atoms with Crippen molar-refractivity contribution in [2.75, 3.05) is 0 Å². The van der Waals surface area contributed by atoms with Crippen LogP contribution in [0.1, 0.15) is 43.9 Å². The van der Waals surface area contributed by atoms with E-state index in [2.05, 4.69) is 43.4 Å². The number of nitrogens with zero attached hydrogens (tertiary/aromatic N) is 1. The van der Waals surface area contributed by atoms with Crippen molar-refractivity contribution in [3.05, 3.63) is 16.1 Å². The maximum Gasteiger partial charge on any atom is 0.0898 e. The van der Waals surface area contributed by atoms with Gasteiger partial charge in [0.25, 0.3) is 0 Å². The molecule has 1 N–H and O–H groups in total. The van der Waals surface area contributed by atoms with Crippen LogP contribution in [-0.4, -0.2) is 11.0 Å². The van der Waals surface area contributed by atoms with E-state index >= 15 is 0 Å². The van der Waals surface area contributed by atoms with Gasteiger partial charge < -0.3 is 5.32 Å². The Morgan fingerprint density at radius 3 is 2.71 bits per heavy atom. The highest BCUT2D eigenvalue weighted by Crippen LogP contribution is 2.45. The van der Waals surface area contributed by atoms with Gasteiger partial charge >= 0.3 is 0 Å². The zero-order valence-electron chi connectivity index (χ0n) is 9.29. The van der Waals surface area contributed by atoms with Crippen molar-refractivity contribution in [1.82, 2.24) is 10.3 Å². The van der Waals surface area contributed by atoms with Crippen molar-refractivity contribution < 1.29 is 0 Å². The van der Waals surface area contributed by atoms with E-state index in [1.165, 1.54) is 12.1 Å². The van der Waals surface area contributed by atoms with Crippen LogP contribution in [0.15, 0.2) is 5.38 Å². The van der Waals surface area contributed by atoms with Gasteiger partial charge in [0.15, 0.2) is 0 Å². The lowest BCUT2D eigenvalue weighted by Gasteiger charge is -2.12. The molecule has 0 aromatic carbocycles. The number of nitrogens with one attached hydrogen (secondary N) is 1. The summed E-state index contributed by atoms with van der Waals surface area (Å²) < 4.78 is 0. The summed E-state index contributed by atoms with van der Waals surface area (Å²) in [7, 11) is 0. The molecule has 78 valence electrons. The Hall–Kier alpha value is -0.410. The summed E-state index contributed by atoms with van der Waals surface area (Å²) in [6.07, 6.45) is 1.29. The van der Waals surface area contributed by atoms with Gasteiger partial charge in [-0.15, -0.1) is 11.3 Å². The summed E-state index contributed by atoms with van der Waals surface area (Å²) in [4.78, 5) is 4.50. The fourth-order valence-corrected chi connectivity index (χ4v) is 2.42. The number of thiazole rings is 1. The molecule has 2 unspecified atom stereocenters. The number of rotatable bonds is 3. The van der Waals surface area contributed by atoms with Gasteiger partial charge in [0.2, 0.25) is 0 Å². The van der Waals surface area contributed by atoms with Crippen LogP contribution in [0.25, 0.3) is 0 Å². The topological polar surface area (TPSA) is 24.9 Å². The average molecular weight is 210 g/mol. The highest BCUT2D eigenvalue weighted by molar-refractivity contribution is 7.09. The van der Waals surface area contributed by atoms with Gasteiger partial charge in [-0.05, 0) is 25.7 Å². The molecule has 0 bridgehead atoms. The summed E-state index contributed by atoms with van der Waals surface area (Å²) in [5.74, 6) is 0. The Morgan fingerprint density at radius 2 is 2.29 bits per heavy atom. The summed E-state index contributed by atoms with van der Waals surface area (Å²) >= 11 is 1.73. The van der Waals surface area contributed by atoms with Crippen LogP contribution < -0.4 is 5.32 Å². The maximum absolute atomic E-state index is 4.50. The molecule has 14 heavy (non-hydrogen) atoms. The SMILES string of the molecule is Cc1nc(C(C)NC2CC2(C)C)cs1. The summed E-state index contributed by atoms with van der Waals surface area (Å²) in [6.45, 7) is 8.87. The molecule has 1 aromatic rings. The zero-order valence-corrected chi connectivity index (χ0v) is 10.1. The van der Waals surface area contributed by atoms with Gasteiger partial charge in [-0.1, -0.05) is 13.8 Å². The van der Waals surface area contributed by atoms with Gasteiger partial charge in [0, 0.05) is 17.5 Å². The minimum absolute atomic E-state index is 0.395. The molecule has 0 aliphatic heterocycles. The fourth-order valence-electron chi connectivity index (χ4n) is 1.72. The van der Waals surface area contributed by atoms with E-state index in [1.807, 2.05) is 0 Å². The lowest BCUT2D eigenvalue weighted by Crippen LogP contribution is -2.24. The van der Waals surface area contributed by atoms with Crippen molar-refractivity contribution in [2.24, 2.45) is 5.41 Å². The summed E-state index contributed by atoms with van der Waals surface area (Å²) in [5.41, 5.74) is 1.69. The molecule has 1 saturated carbocycles. The third-order valence-corrected chi connectivity index (χ3v) is 3.84. The minimum Gasteiger partial charge on any atom is -0.305 e. The molecular weight excluding hydrogens is 192 g/mol. The number of hydrogen-bond donors (Lipinski definition) is 1. The van der Waals surface area contributed by atoms with Crippen molar-refractivity contribution >= 4 is 11.3 Å². The Labute approximate surface area is 89.8 Å². The second-order valence-electron chi connectivity index (χ2n) is 4.93. The zero-order chi connectivity index (χ0) is 10.3. The monoisotopic (exact) mass is 210 g/mol. The van der Waals surface area contributed by atoms with Crippen molar-refractivity contribution in [1.29, 1.82) is 0 Å². The van der Waals surface area contributed by atoms with Gasteiger partial charge in [-0.25, -0.2) is 4.98 Å².